The standard InChI is InChI=1S/C12H21NO/c1-5-11(6-2)9-13-12(7-3)8-10(4)14/h5,7,11,13H,1,6,8-9H2,2-4H3/b12-7-. The van der Waals surface area contributed by atoms with Crippen molar-refractivity contribution in [2.75, 3.05) is 6.54 Å². The molecule has 0 bridgehead atoms. The van der Waals surface area contributed by atoms with Crippen LogP contribution in [0.2, 0.25) is 0 Å². The molecule has 0 saturated heterocycles. The van der Waals surface area contributed by atoms with Gasteiger partial charge in [-0.1, -0.05) is 19.1 Å². The van der Waals surface area contributed by atoms with Crippen molar-refractivity contribution in [3.63, 3.8) is 0 Å². The van der Waals surface area contributed by atoms with Gasteiger partial charge in [-0.3, -0.25) is 4.79 Å². The van der Waals surface area contributed by atoms with Gasteiger partial charge >= 0.3 is 0 Å². The average molecular weight is 195 g/mol. The number of carbonyl (C=O) groups excluding carboxylic acids is 1. The molecule has 1 N–H and O–H groups in total. The average Bonchev–Trinajstić information content (AvgIpc) is 2.17. The highest BCUT2D eigenvalue weighted by Crippen LogP contribution is 2.04. The van der Waals surface area contributed by atoms with Crippen LogP contribution in [0, 0.1) is 5.92 Å². The minimum absolute atomic E-state index is 0.192. The summed E-state index contributed by atoms with van der Waals surface area (Å²) in [6.07, 6.45) is 5.49. The van der Waals surface area contributed by atoms with Crippen molar-refractivity contribution in [3.05, 3.63) is 24.4 Å². The van der Waals surface area contributed by atoms with Crippen molar-refractivity contribution in [2.24, 2.45) is 5.92 Å². The minimum atomic E-state index is 0.192. The van der Waals surface area contributed by atoms with E-state index < -0.39 is 0 Å². The fourth-order valence-corrected chi connectivity index (χ4v) is 1.19. The smallest absolute Gasteiger partial charge is 0.135 e. The molecule has 0 amide bonds. The summed E-state index contributed by atoms with van der Waals surface area (Å²) in [6.45, 7) is 10.3. The van der Waals surface area contributed by atoms with Crippen LogP contribution < -0.4 is 5.32 Å². The molecule has 0 aromatic carbocycles. The Labute approximate surface area is 87.1 Å². The highest BCUT2D eigenvalue weighted by molar-refractivity contribution is 5.77. The molecule has 0 heterocycles. The van der Waals surface area contributed by atoms with E-state index in [1.54, 1.807) is 6.92 Å². The van der Waals surface area contributed by atoms with Crippen molar-refractivity contribution in [3.8, 4) is 0 Å². The van der Waals surface area contributed by atoms with Gasteiger partial charge in [0.15, 0.2) is 0 Å². The zero-order valence-electron chi connectivity index (χ0n) is 9.47. The highest BCUT2D eigenvalue weighted by Gasteiger charge is 2.03. The topological polar surface area (TPSA) is 29.1 Å². The lowest BCUT2D eigenvalue weighted by molar-refractivity contribution is -0.116. The van der Waals surface area contributed by atoms with Crippen molar-refractivity contribution in [1.82, 2.24) is 5.32 Å². The van der Waals surface area contributed by atoms with E-state index in [1.165, 1.54) is 0 Å². The summed E-state index contributed by atoms with van der Waals surface area (Å²) in [5.74, 6) is 0.675. The van der Waals surface area contributed by atoms with Crippen LogP contribution in [0.15, 0.2) is 24.4 Å². The van der Waals surface area contributed by atoms with Gasteiger partial charge in [0.25, 0.3) is 0 Å². The third-order valence-electron chi connectivity index (χ3n) is 2.24. The Morgan fingerprint density at radius 2 is 2.21 bits per heavy atom. The summed E-state index contributed by atoms with van der Waals surface area (Å²) >= 11 is 0. The van der Waals surface area contributed by atoms with E-state index in [1.807, 2.05) is 19.1 Å². The predicted molar refractivity (Wildman–Crippen MR) is 61.0 cm³/mol. The molecular formula is C12H21NO. The Morgan fingerprint density at radius 1 is 1.57 bits per heavy atom. The molecular weight excluding hydrogens is 174 g/mol. The first-order valence-corrected chi connectivity index (χ1v) is 5.15. The molecule has 1 atom stereocenters. The lowest BCUT2D eigenvalue weighted by atomic mass is 10.1. The zero-order chi connectivity index (χ0) is 11.0. The molecule has 2 heteroatoms. The lowest BCUT2D eigenvalue weighted by Gasteiger charge is -2.14. The normalized spacial score (nSPS) is 13.5. The molecule has 0 aromatic heterocycles. The maximum atomic E-state index is 10.9. The van der Waals surface area contributed by atoms with E-state index in [-0.39, 0.29) is 5.78 Å². The van der Waals surface area contributed by atoms with Gasteiger partial charge in [0, 0.05) is 18.7 Å². The quantitative estimate of drug-likeness (QED) is 0.633. The molecule has 80 valence electrons. The highest BCUT2D eigenvalue weighted by atomic mass is 16.1. The Bertz CT molecular complexity index is 218. The summed E-state index contributed by atoms with van der Waals surface area (Å²) in [6, 6.07) is 0. The zero-order valence-corrected chi connectivity index (χ0v) is 9.47. The summed E-state index contributed by atoms with van der Waals surface area (Å²) < 4.78 is 0. The molecule has 0 fully saturated rings. The summed E-state index contributed by atoms with van der Waals surface area (Å²) in [7, 11) is 0. The van der Waals surface area contributed by atoms with Gasteiger partial charge in [-0.2, -0.15) is 0 Å². The van der Waals surface area contributed by atoms with Gasteiger partial charge in [0.2, 0.25) is 0 Å². The van der Waals surface area contributed by atoms with E-state index in [2.05, 4.69) is 18.8 Å². The van der Waals surface area contributed by atoms with Crippen molar-refractivity contribution >= 4 is 5.78 Å². The third kappa shape index (κ3) is 5.57. The number of nitrogens with one attached hydrogen (secondary N) is 1. The second-order valence-corrected chi connectivity index (χ2v) is 3.48. The fourth-order valence-electron chi connectivity index (χ4n) is 1.19. The largest absolute Gasteiger partial charge is 0.388 e. The summed E-state index contributed by atoms with van der Waals surface area (Å²) in [5.41, 5.74) is 1.01. The number of rotatable bonds is 7. The van der Waals surface area contributed by atoms with Gasteiger partial charge in [-0.25, -0.2) is 0 Å². The molecule has 0 aliphatic rings. The van der Waals surface area contributed by atoms with Crippen LogP contribution in [0.25, 0.3) is 0 Å². The molecule has 1 unspecified atom stereocenters. The van der Waals surface area contributed by atoms with Crippen molar-refractivity contribution in [2.45, 2.75) is 33.6 Å². The Morgan fingerprint density at radius 3 is 2.57 bits per heavy atom. The van der Waals surface area contributed by atoms with Gasteiger partial charge in [-0.15, -0.1) is 6.58 Å². The van der Waals surface area contributed by atoms with Crippen molar-refractivity contribution in [1.29, 1.82) is 0 Å². The Balaban J connectivity index is 3.95. The van der Waals surface area contributed by atoms with Gasteiger partial charge in [0.05, 0.1) is 0 Å². The van der Waals surface area contributed by atoms with Crippen LogP contribution in [0.5, 0.6) is 0 Å². The summed E-state index contributed by atoms with van der Waals surface area (Å²) in [5, 5.41) is 3.27. The first-order chi connectivity index (χ1) is 6.63. The molecule has 0 rings (SSSR count). The van der Waals surface area contributed by atoms with Crippen LogP contribution >= 0.6 is 0 Å². The number of allylic oxidation sites excluding steroid dienone is 2. The SMILES string of the molecule is C=CC(CC)CN/C(=C\C)CC(C)=O. The molecule has 0 aliphatic carbocycles. The molecule has 0 aromatic rings. The summed E-state index contributed by atoms with van der Waals surface area (Å²) in [4.78, 5) is 10.9. The molecule has 2 nitrogen and oxygen atoms in total. The number of hydrogen-bond donors (Lipinski definition) is 1. The third-order valence-corrected chi connectivity index (χ3v) is 2.24. The fraction of sp³-hybridized carbons (Fsp3) is 0.583. The Kier molecular flexibility index (Phi) is 6.81. The van der Waals surface area contributed by atoms with E-state index in [0.29, 0.717) is 12.3 Å². The molecule has 14 heavy (non-hydrogen) atoms. The van der Waals surface area contributed by atoms with E-state index in [9.17, 15) is 4.79 Å². The van der Waals surface area contributed by atoms with Crippen LogP contribution in [0.4, 0.5) is 0 Å². The van der Waals surface area contributed by atoms with Crippen LogP contribution in [0.3, 0.4) is 0 Å². The lowest BCUT2D eigenvalue weighted by Crippen LogP contribution is -2.22. The van der Waals surface area contributed by atoms with E-state index >= 15 is 0 Å². The number of carbonyl (C=O) groups is 1. The second-order valence-electron chi connectivity index (χ2n) is 3.48. The minimum Gasteiger partial charge on any atom is -0.388 e. The first-order valence-electron chi connectivity index (χ1n) is 5.15. The van der Waals surface area contributed by atoms with Crippen LogP contribution in [-0.2, 0) is 4.79 Å². The molecule has 0 saturated carbocycles. The van der Waals surface area contributed by atoms with Crippen molar-refractivity contribution < 1.29 is 4.79 Å². The Hall–Kier alpha value is -1.05. The number of Topliss-reactive ketones (excluding diaryl/α,β-unsaturated/α-hetero) is 1. The van der Waals surface area contributed by atoms with Gasteiger partial charge < -0.3 is 5.32 Å². The number of ketones is 1. The molecule has 0 spiro atoms. The van der Waals surface area contributed by atoms with Gasteiger partial charge in [0.1, 0.15) is 5.78 Å². The maximum Gasteiger partial charge on any atom is 0.135 e. The molecule has 0 aliphatic heterocycles. The second kappa shape index (κ2) is 7.36. The van der Waals surface area contributed by atoms with Crippen LogP contribution in [-0.4, -0.2) is 12.3 Å². The van der Waals surface area contributed by atoms with Gasteiger partial charge in [-0.05, 0) is 26.2 Å². The first kappa shape index (κ1) is 12.9. The molecule has 0 radical (unpaired) electrons. The number of hydrogen-bond acceptors (Lipinski definition) is 2. The monoisotopic (exact) mass is 195 g/mol. The van der Waals surface area contributed by atoms with Crippen LogP contribution in [0.1, 0.15) is 33.6 Å². The predicted octanol–water partition coefficient (Wildman–Crippen LogP) is 2.67. The van der Waals surface area contributed by atoms with E-state index in [0.717, 1.165) is 18.7 Å². The maximum absolute atomic E-state index is 10.9. The van der Waals surface area contributed by atoms with E-state index in [4.69, 9.17) is 0 Å².